The Morgan fingerprint density at radius 1 is 1.07 bits per heavy atom. The van der Waals surface area contributed by atoms with E-state index < -0.39 is 0 Å². The number of amides is 1. The summed E-state index contributed by atoms with van der Waals surface area (Å²) in [5.74, 6) is 0.347. The molecule has 0 radical (unpaired) electrons. The molecular weight excluding hydrogens is 348 g/mol. The summed E-state index contributed by atoms with van der Waals surface area (Å²) in [4.78, 5) is 12.9. The first-order chi connectivity index (χ1) is 13.5. The van der Waals surface area contributed by atoms with Crippen LogP contribution in [0.1, 0.15) is 44.0 Å². The number of aromatic nitrogens is 2. The minimum Gasteiger partial charge on any atom is -0.267 e. The van der Waals surface area contributed by atoms with Crippen molar-refractivity contribution in [3.05, 3.63) is 72.4 Å². The van der Waals surface area contributed by atoms with E-state index in [9.17, 15) is 4.79 Å². The Morgan fingerprint density at radius 3 is 2.36 bits per heavy atom. The zero-order chi connectivity index (χ0) is 19.9. The first-order valence-electron chi connectivity index (χ1n) is 9.58. The lowest BCUT2D eigenvalue weighted by Crippen LogP contribution is -2.19. The quantitative estimate of drug-likeness (QED) is 0.463. The number of nitrogens with one attached hydrogen (secondary N) is 1. The summed E-state index contributed by atoms with van der Waals surface area (Å²) < 4.78 is 1.73. The molecule has 1 N–H and O–H groups in total. The topological polar surface area (TPSA) is 59.3 Å². The lowest BCUT2D eigenvalue weighted by atomic mass is 10.1. The number of nitrogens with zero attached hydrogens (tertiary/aromatic N) is 3. The molecule has 1 heterocycles. The highest BCUT2D eigenvalue weighted by Gasteiger charge is 2.18. The number of hydrogen-bond donors (Lipinski definition) is 1. The van der Waals surface area contributed by atoms with Crippen molar-refractivity contribution in [1.82, 2.24) is 15.2 Å². The summed E-state index contributed by atoms with van der Waals surface area (Å²) in [5, 5.41) is 8.94. The fourth-order valence-electron chi connectivity index (χ4n) is 2.82. The van der Waals surface area contributed by atoms with Crippen molar-refractivity contribution < 1.29 is 4.79 Å². The van der Waals surface area contributed by atoms with Crippen molar-refractivity contribution >= 4 is 11.6 Å². The highest BCUT2D eigenvalue weighted by molar-refractivity contribution is 6.00. The monoisotopic (exact) mass is 374 g/mol. The Bertz CT molecular complexity index is 943. The molecule has 0 aliphatic rings. The zero-order valence-corrected chi connectivity index (χ0v) is 16.6. The molecule has 0 aliphatic carbocycles. The molecule has 0 fully saturated rings. The van der Waals surface area contributed by atoms with Gasteiger partial charge in [-0.1, -0.05) is 62.4 Å². The molecule has 0 spiro atoms. The molecule has 1 aromatic heterocycles. The molecule has 0 atom stereocenters. The van der Waals surface area contributed by atoms with Gasteiger partial charge in [-0.3, -0.25) is 4.79 Å². The largest absolute Gasteiger partial charge is 0.275 e. The second kappa shape index (κ2) is 9.13. The molecule has 0 saturated heterocycles. The maximum atomic E-state index is 12.9. The molecule has 5 nitrogen and oxygen atoms in total. The molecule has 0 unspecified atom stereocenters. The number of para-hydroxylation sites is 1. The third kappa shape index (κ3) is 4.94. The molecule has 0 aliphatic heterocycles. The highest BCUT2D eigenvalue weighted by Crippen LogP contribution is 2.23. The summed E-state index contributed by atoms with van der Waals surface area (Å²) in [7, 11) is 0. The van der Waals surface area contributed by atoms with Crippen molar-refractivity contribution in [2.24, 2.45) is 11.0 Å². The van der Waals surface area contributed by atoms with Gasteiger partial charge in [0.15, 0.2) is 0 Å². The number of hydrazone groups is 1. The average Bonchev–Trinajstić information content (AvgIpc) is 3.17. The van der Waals surface area contributed by atoms with Crippen molar-refractivity contribution in [1.29, 1.82) is 0 Å². The van der Waals surface area contributed by atoms with Crippen LogP contribution in [0.3, 0.4) is 0 Å². The van der Waals surface area contributed by atoms with Gasteiger partial charge in [-0.15, -0.1) is 0 Å². The normalized spacial score (nSPS) is 11.6. The van der Waals surface area contributed by atoms with Crippen LogP contribution >= 0.6 is 0 Å². The van der Waals surface area contributed by atoms with Crippen LogP contribution in [0.2, 0.25) is 0 Å². The van der Waals surface area contributed by atoms with Crippen LogP contribution < -0.4 is 5.43 Å². The average molecular weight is 374 g/mol. The summed E-state index contributed by atoms with van der Waals surface area (Å²) in [6, 6.07) is 19.5. The lowest BCUT2D eigenvalue weighted by molar-refractivity contribution is 0.0955. The van der Waals surface area contributed by atoms with E-state index in [-0.39, 0.29) is 5.91 Å². The van der Waals surface area contributed by atoms with E-state index in [2.05, 4.69) is 29.5 Å². The van der Waals surface area contributed by atoms with Gasteiger partial charge in [0, 0.05) is 17.5 Å². The molecular formula is C23H26N4O. The van der Waals surface area contributed by atoms with Gasteiger partial charge in [-0.2, -0.15) is 10.2 Å². The maximum absolute atomic E-state index is 12.9. The van der Waals surface area contributed by atoms with Crippen LogP contribution in [0.15, 0.2) is 72.0 Å². The van der Waals surface area contributed by atoms with Crippen LogP contribution in [0.5, 0.6) is 0 Å². The fraction of sp³-hybridized carbons (Fsp3) is 0.261. The molecule has 1 amide bonds. The van der Waals surface area contributed by atoms with Crippen LogP contribution in [0, 0.1) is 5.92 Å². The minimum atomic E-state index is -0.259. The van der Waals surface area contributed by atoms with Crippen LogP contribution in [0.4, 0.5) is 0 Å². The first kappa shape index (κ1) is 19.5. The molecule has 3 rings (SSSR count). The predicted octanol–water partition coefficient (Wildman–Crippen LogP) is 5.08. The Hall–Kier alpha value is -3.21. The van der Waals surface area contributed by atoms with E-state index in [1.165, 1.54) is 0 Å². The van der Waals surface area contributed by atoms with Gasteiger partial charge in [-0.25, -0.2) is 10.1 Å². The maximum Gasteiger partial charge on any atom is 0.275 e. The third-order valence-corrected chi connectivity index (χ3v) is 4.46. The van der Waals surface area contributed by atoms with E-state index in [4.69, 9.17) is 0 Å². The molecule has 144 valence electrons. The van der Waals surface area contributed by atoms with Gasteiger partial charge in [-0.05, 0) is 37.8 Å². The first-order valence-corrected chi connectivity index (χ1v) is 9.58. The van der Waals surface area contributed by atoms with Gasteiger partial charge < -0.3 is 0 Å². The van der Waals surface area contributed by atoms with Crippen molar-refractivity contribution in [2.75, 3.05) is 0 Å². The third-order valence-electron chi connectivity index (χ3n) is 4.46. The van der Waals surface area contributed by atoms with E-state index in [0.29, 0.717) is 17.2 Å². The second-order valence-corrected chi connectivity index (χ2v) is 7.26. The Labute approximate surface area is 166 Å². The number of carbonyl (C=O) groups is 1. The van der Waals surface area contributed by atoms with Gasteiger partial charge >= 0.3 is 0 Å². The lowest BCUT2D eigenvalue weighted by Gasteiger charge is -2.05. The summed E-state index contributed by atoms with van der Waals surface area (Å²) in [5.41, 5.74) is 6.53. The van der Waals surface area contributed by atoms with Crippen molar-refractivity contribution in [3.8, 4) is 16.9 Å². The standard InChI is InChI=1S/C23H26N4O/c1-17(2)14-15-18(3)24-25-23(28)21-16-27(20-12-8-5-9-13-20)26-22(21)19-10-6-4-7-11-19/h4-13,16-17H,14-15H2,1-3H3,(H,25,28)/b24-18-. The van der Waals surface area contributed by atoms with Gasteiger partial charge in [0.25, 0.3) is 5.91 Å². The SMILES string of the molecule is C/C(CCC(C)C)=N/NC(=O)c1cn(-c2ccccc2)nc1-c1ccccc1. The predicted molar refractivity (Wildman–Crippen MR) is 114 cm³/mol. The molecule has 0 bridgehead atoms. The van der Waals surface area contributed by atoms with E-state index in [0.717, 1.165) is 29.8 Å². The number of hydrogen-bond acceptors (Lipinski definition) is 3. The summed E-state index contributed by atoms with van der Waals surface area (Å²) in [6.07, 6.45) is 3.67. The highest BCUT2D eigenvalue weighted by atomic mass is 16.2. The van der Waals surface area contributed by atoms with Crippen LogP contribution in [-0.2, 0) is 0 Å². The van der Waals surface area contributed by atoms with E-state index in [1.807, 2.05) is 67.6 Å². The van der Waals surface area contributed by atoms with E-state index in [1.54, 1.807) is 10.9 Å². The zero-order valence-electron chi connectivity index (χ0n) is 16.6. The number of rotatable bonds is 7. The van der Waals surface area contributed by atoms with Gasteiger partial charge in [0.05, 0.1) is 11.3 Å². The fourth-order valence-corrected chi connectivity index (χ4v) is 2.82. The molecule has 0 saturated carbocycles. The smallest absolute Gasteiger partial charge is 0.267 e. The Morgan fingerprint density at radius 2 is 1.71 bits per heavy atom. The Balaban J connectivity index is 1.89. The minimum absolute atomic E-state index is 0.259. The number of benzene rings is 2. The van der Waals surface area contributed by atoms with E-state index >= 15 is 0 Å². The second-order valence-electron chi connectivity index (χ2n) is 7.26. The van der Waals surface area contributed by atoms with Crippen LogP contribution in [0.25, 0.3) is 16.9 Å². The van der Waals surface area contributed by atoms with Crippen molar-refractivity contribution in [2.45, 2.75) is 33.6 Å². The molecule has 2 aromatic carbocycles. The van der Waals surface area contributed by atoms with Gasteiger partial charge in [0.1, 0.15) is 5.69 Å². The van der Waals surface area contributed by atoms with Gasteiger partial charge in [0.2, 0.25) is 0 Å². The van der Waals surface area contributed by atoms with Crippen molar-refractivity contribution in [3.63, 3.8) is 0 Å². The summed E-state index contributed by atoms with van der Waals surface area (Å²) in [6.45, 7) is 6.29. The Kier molecular flexibility index (Phi) is 6.37. The molecule has 5 heteroatoms. The molecule has 3 aromatic rings. The summed E-state index contributed by atoms with van der Waals surface area (Å²) >= 11 is 0. The van der Waals surface area contributed by atoms with Crippen LogP contribution in [-0.4, -0.2) is 21.4 Å². The number of carbonyl (C=O) groups excluding carboxylic acids is 1. The molecule has 28 heavy (non-hydrogen) atoms.